The van der Waals surface area contributed by atoms with Gasteiger partial charge in [-0.2, -0.15) is 0 Å². The number of ether oxygens (including phenoxy) is 1. The zero-order valence-corrected chi connectivity index (χ0v) is 22.3. The third kappa shape index (κ3) is 6.31. The molecular formula is C35H26F3NO2. The van der Waals surface area contributed by atoms with E-state index in [2.05, 4.69) is 10.9 Å². The lowest BCUT2D eigenvalue weighted by molar-refractivity contribution is -0.118. The number of benzene rings is 4. The Kier molecular flexibility index (Phi) is 8.16. The lowest BCUT2D eigenvalue weighted by atomic mass is 9.85. The zero-order chi connectivity index (χ0) is 28.9. The number of methoxy groups -OCH3 is 1. The summed E-state index contributed by atoms with van der Waals surface area (Å²) in [6.07, 6.45) is 7.47. The first kappa shape index (κ1) is 27.7. The Balaban J connectivity index is 1.53. The van der Waals surface area contributed by atoms with E-state index >= 15 is 0 Å². The molecule has 204 valence electrons. The number of pyridine rings is 1. The van der Waals surface area contributed by atoms with E-state index in [-0.39, 0.29) is 30.6 Å². The first-order chi connectivity index (χ1) is 19.8. The van der Waals surface area contributed by atoms with E-state index in [0.29, 0.717) is 28.1 Å². The van der Waals surface area contributed by atoms with Crippen LogP contribution in [0.15, 0.2) is 91.1 Å². The molecule has 1 atom stereocenters. The SMILES string of the molecule is C#Cc1cc(-c2cccnc2[C@@H](CC(=O)Cc2cccc3ccc(OC)cc23)Cc2cc(F)cc(F)c2)ccc1F. The van der Waals surface area contributed by atoms with E-state index in [1.807, 2.05) is 42.5 Å². The van der Waals surface area contributed by atoms with Gasteiger partial charge in [0.2, 0.25) is 0 Å². The van der Waals surface area contributed by atoms with E-state index in [1.54, 1.807) is 31.5 Å². The summed E-state index contributed by atoms with van der Waals surface area (Å²) < 4.78 is 47.8. The highest BCUT2D eigenvalue weighted by Gasteiger charge is 2.23. The van der Waals surface area contributed by atoms with Crippen LogP contribution >= 0.6 is 0 Å². The molecule has 0 unspecified atom stereocenters. The Morgan fingerprint density at radius 3 is 2.51 bits per heavy atom. The summed E-state index contributed by atoms with van der Waals surface area (Å²) in [5.41, 5.74) is 3.19. The Hall–Kier alpha value is -4.89. The highest BCUT2D eigenvalue weighted by atomic mass is 19.1. The van der Waals surface area contributed by atoms with Crippen LogP contribution in [-0.2, 0) is 17.6 Å². The van der Waals surface area contributed by atoms with E-state index in [0.717, 1.165) is 22.4 Å². The number of fused-ring (bicyclic) bond motifs is 1. The molecule has 0 saturated carbocycles. The van der Waals surface area contributed by atoms with Gasteiger partial charge in [0, 0.05) is 36.6 Å². The second-order valence-corrected chi connectivity index (χ2v) is 9.88. The third-order valence-electron chi connectivity index (χ3n) is 7.10. The molecule has 0 fully saturated rings. The quantitative estimate of drug-likeness (QED) is 0.176. The fourth-order valence-corrected chi connectivity index (χ4v) is 5.23. The number of carbonyl (C=O) groups excluding carboxylic acids is 1. The minimum absolute atomic E-state index is 0.0612. The molecule has 0 aliphatic carbocycles. The summed E-state index contributed by atoms with van der Waals surface area (Å²) in [4.78, 5) is 18.2. The molecular weight excluding hydrogens is 523 g/mol. The van der Waals surface area contributed by atoms with Crippen LogP contribution in [0.3, 0.4) is 0 Å². The van der Waals surface area contributed by atoms with Crippen LogP contribution in [0, 0.1) is 29.8 Å². The molecule has 6 heteroatoms. The molecule has 5 aromatic rings. The molecule has 0 radical (unpaired) electrons. The average molecular weight is 550 g/mol. The van der Waals surface area contributed by atoms with Crippen LogP contribution < -0.4 is 4.74 Å². The summed E-state index contributed by atoms with van der Waals surface area (Å²) in [6.45, 7) is 0. The summed E-state index contributed by atoms with van der Waals surface area (Å²) in [5, 5.41) is 1.89. The highest BCUT2D eigenvalue weighted by molar-refractivity contribution is 5.92. The largest absolute Gasteiger partial charge is 0.497 e. The van der Waals surface area contributed by atoms with Gasteiger partial charge in [0.25, 0.3) is 0 Å². The summed E-state index contributed by atoms with van der Waals surface area (Å²) >= 11 is 0. The minimum atomic E-state index is -0.701. The van der Waals surface area contributed by atoms with Gasteiger partial charge < -0.3 is 4.74 Å². The lowest BCUT2D eigenvalue weighted by Crippen LogP contribution is -2.15. The maximum Gasteiger partial charge on any atom is 0.138 e. The van der Waals surface area contributed by atoms with Crippen molar-refractivity contribution in [1.82, 2.24) is 4.98 Å². The van der Waals surface area contributed by atoms with Crippen molar-refractivity contribution in [2.75, 3.05) is 7.11 Å². The van der Waals surface area contributed by atoms with Gasteiger partial charge in [-0.25, -0.2) is 13.2 Å². The number of terminal acetylenes is 1. The maximum atomic E-state index is 14.2. The normalized spacial score (nSPS) is 11.7. The summed E-state index contributed by atoms with van der Waals surface area (Å²) in [5.74, 6) is 0.523. The van der Waals surface area contributed by atoms with Crippen LogP contribution in [0.25, 0.3) is 21.9 Å². The Morgan fingerprint density at radius 1 is 0.951 bits per heavy atom. The van der Waals surface area contributed by atoms with Crippen molar-refractivity contribution in [2.45, 2.75) is 25.2 Å². The van der Waals surface area contributed by atoms with Gasteiger partial charge in [-0.05, 0) is 76.3 Å². The predicted molar refractivity (Wildman–Crippen MR) is 154 cm³/mol. The van der Waals surface area contributed by atoms with Crippen molar-refractivity contribution >= 4 is 16.6 Å². The third-order valence-corrected chi connectivity index (χ3v) is 7.10. The van der Waals surface area contributed by atoms with E-state index in [9.17, 15) is 18.0 Å². The van der Waals surface area contributed by atoms with Crippen LogP contribution in [0.4, 0.5) is 13.2 Å². The second kappa shape index (κ2) is 12.1. The molecule has 1 aromatic heterocycles. The van der Waals surface area contributed by atoms with Gasteiger partial charge >= 0.3 is 0 Å². The number of nitrogens with zero attached hydrogens (tertiary/aromatic N) is 1. The summed E-state index contributed by atoms with van der Waals surface area (Å²) in [7, 11) is 1.59. The van der Waals surface area contributed by atoms with Crippen LogP contribution in [-0.4, -0.2) is 17.9 Å². The van der Waals surface area contributed by atoms with Crippen molar-refractivity contribution in [1.29, 1.82) is 0 Å². The van der Waals surface area contributed by atoms with Gasteiger partial charge in [0.05, 0.1) is 18.4 Å². The smallest absolute Gasteiger partial charge is 0.138 e. The number of aromatic nitrogens is 1. The summed E-state index contributed by atoms with van der Waals surface area (Å²) in [6, 6.07) is 22.8. The van der Waals surface area contributed by atoms with Crippen molar-refractivity contribution in [3.8, 4) is 29.2 Å². The highest BCUT2D eigenvalue weighted by Crippen LogP contribution is 2.34. The maximum absolute atomic E-state index is 14.2. The van der Waals surface area contributed by atoms with Gasteiger partial charge in [0.1, 0.15) is 29.0 Å². The molecule has 0 N–H and O–H groups in total. The molecule has 1 heterocycles. The van der Waals surface area contributed by atoms with Gasteiger partial charge in [-0.3, -0.25) is 9.78 Å². The van der Waals surface area contributed by atoms with E-state index in [4.69, 9.17) is 11.2 Å². The minimum Gasteiger partial charge on any atom is -0.497 e. The number of hydrogen-bond donors (Lipinski definition) is 0. The molecule has 5 rings (SSSR count). The van der Waals surface area contributed by atoms with Crippen molar-refractivity contribution in [3.63, 3.8) is 0 Å². The fraction of sp³-hybridized carbons (Fsp3) is 0.143. The molecule has 4 aromatic carbocycles. The van der Waals surface area contributed by atoms with Crippen LogP contribution in [0.2, 0.25) is 0 Å². The molecule has 0 aliphatic rings. The van der Waals surface area contributed by atoms with Crippen LogP contribution in [0.1, 0.15) is 34.7 Å². The molecule has 0 bridgehead atoms. The number of hydrogen-bond acceptors (Lipinski definition) is 3. The zero-order valence-electron chi connectivity index (χ0n) is 22.3. The number of Topliss-reactive ketones (excluding diaryl/α,β-unsaturated/α-hetero) is 1. The topological polar surface area (TPSA) is 39.2 Å². The molecule has 0 amide bonds. The Bertz CT molecular complexity index is 1770. The van der Waals surface area contributed by atoms with Crippen LogP contribution in [0.5, 0.6) is 5.75 Å². The number of ketones is 1. The van der Waals surface area contributed by atoms with Gasteiger partial charge in [0.15, 0.2) is 0 Å². The van der Waals surface area contributed by atoms with E-state index < -0.39 is 23.4 Å². The number of rotatable bonds is 9. The van der Waals surface area contributed by atoms with Crippen molar-refractivity contribution in [3.05, 3.63) is 131 Å². The monoisotopic (exact) mass is 549 g/mol. The molecule has 41 heavy (non-hydrogen) atoms. The van der Waals surface area contributed by atoms with Gasteiger partial charge in [-0.15, -0.1) is 6.42 Å². The van der Waals surface area contributed by atoms with Crippen molar-refractivity contribution in [2.24, 2.45) is 0 Å². The lowest BCUT2D eigenvalue weighted by Gasteiger charge is -2.20. The Labute approximate surface area is 236 Å². The Morgan fingerprint density at radius 2 is 1.76 bits per heavy atom. The first-order valence-corrected chi connectivity index (χ1v) is 13.1. The standard InChI is InChI=1S/C35H26F3NO2/c1-3-23-17-26(10-12-34(23)38)32-8-5-13-39-35(32)27(14-22-15-28(36)20-29(37)16-22)19-30(40)18-25-7-4-6-24-9-11-31(41-2)21-33(24)25/h1,4-13,15-17,20-21,27H,14,18-19H2,2H3/t27-/m1/s1. The predicted octanol–water partition coefficient (Wildman–Crippen LogP) is 7.84. The average Bonchev–Trinajstić information content (AvgIpc) is 2.96. The second-order valence-electron chi connectivity index (χ2n) is 9.88. The number of halogens is 3. The number of carbonyl (C=O) groups is 1. The van der Waals surface area contributed by atoms with E-state index in [1.165, 1.54) is 18.2 Å². The fourth-order valence-electron chi connectivity index (χ4n) is 5.23. The molecule has 0 aliphatic heterocycles. The van der Waals surface area contributed by atoms with Gasteiger partial charge in [-0.1, -0.05) is 42.3 Å². The molecule has 0 saturated heterocycles. The molecule has 0 spiro atoms. The molecule has 3 nitrogen and oxygen atoms in total. The van der Waals surface area contributed by atoms with Crippen molar-refractivity contribution < 1.29 is 22.7 Å². The first-order valence-electron chi connectivity index (χ1n) is 13.1.